The lowest BCUT2D eigenvalue weighted by Crippen LogP contribution is -2.29. The molecule has 0 heterocycles. The third-order valence-electron chi connectivity index (χ3n) is 1.57. The Hall–Kier alpha value is -1.36. The summed E-state index contributed by atoms with van der Waals surface area (Å²) in [4.78, 5) is 21.5. The summed E-state index contributed by atoms with van der Waals surface area (Å²) in [5, 5.41) is 16.1. The van der Waals surface area contributed by atoms with E-state index in [1.54, 1.807) is 0 Å². The van der Waals surface area contributed by atoms with Gasteiger partial charge in [0, 0.05) is 0 Å². The zero-order chi connectivity index (χ0) is 12.3. The first-order valence-corrected chi connectivity index (χ1v) is 4.74. The van der Waals surface area contributed by atoms with E-state index in [2.05, 4.69) is 6.58 Å². The Labute approximate surface area is 90.0 Å². The Morgan fingerprint density at radius 2 is 1.67 bits per heavy atom. The SMILES string of the molecule is C=CCC(=O)O.CCN(CC)CC(=O)O. The van der Waals surface area contributed by atoms with Gasteiger partial charge in [0.25, 0.3) is 0 Å². The molecule has 0 unspecified atom stereocenters. The Balaban J connectivity index is 0. The van der Waals surface area contributed by atoms with E-state index in [1.165, 1.54) is 6.08 Å². The van der Waals surface area contributed by atoms with Gasteiger partial charge in [-0.15, -0.1) is 6.58 Å². The third kappa shape index (κ3) is 15.4. The van der Waals surface area contributed by atoms with Gasteiger partial charge in [0.15, 0.2) is 0 Å². The van der Waals surface area contributed by atoms with Gasteiger partial charge < -0.3 is 10.2 Å². The highest BCUT2D eigenvalue weighted by Gasteiger charge is 2.02. The number of carboxylic acid groups (broad SMARTS) is 2. The molecule has 0 amide bonds. The zero-order valence-electron chi connectivity index (χ0n) is 9.27. The summed E-state index contributed by atoms with van der Waals surface area (Å²) in [5.74, 6) is -1.58. The van der Waals surface area contributed by atoms with Crippen LogP contribution in [0.25, 0.3) is 0 Å². The highest BCUT2D eigenvalue weighted by Crippen LogP contribution is 1.84. The van der Waals surface area contributed by atoms with E-state index < -0.39 is 11.9 Å². The largest absolute Gasteiger partial charge is 0.481 e. The molecule has 5 nitrogen and oxygen atoms in total. The van der Waals surface area contributed by atoms with Gasteiger partial charge in [0.1, 0.15) is 0 Å². The lowest BCUT2D eigenvalue weighted by atomic mass is 10.4. The molecular weight excluding hydrogens is 198 g/mol. The molecule has 0 aromatic carbocycles. The molecule has 0 atom stereocenters. The van der Waals surface area contributed by atoms with Gasteiger partial charge in [-0.2, -0.15) is 0 Å². The standard InChI is InChI=1S/C6H13NO2.C4H6O2/c1-3-7(4-2)5-6(8)9;1-2-3-4(5)6/h3-5H2,1-2H3,(H,8,9);2H,1,3H2,(H,5,6). The summed E-state index contributed by atoms with van der Waals surface area (Å²) in [5.41, 5.74) is 0. The topological polar surface area (TPSA) is 77.8 Å². The molecule has 0 fully saturated rings. The number of aliphatic carboxylic acids is 2. The van der Waals surface area contributed by atoms with Crippen LogP contribution >= 0.6 is 0 Å². The number of likely N-dealkylation sites (N-methyl/N-ethyl adjacent to an activating group) is 1. The van der Waals surface area contributed by atoms with Crippen LogP contribution in [0.1, 0.15) is 20.3 Å². The van der Waals surface area contributed by atoms with E-state index >= 15 is 0 Å². The molecule has 0 aliphatic rings. The van der Waals surface area contributed by atoms with Gasteiger partial charge in [0.2, 0.25) is 0 Å². The van der Waals surface area contributed by atoms with Gasteiger partial charge in [-0.25, -0.2) is 0 Å². The molecule has 88 valence electrons. The van der Waals surface area contributed by atoms with Crippen molar-refractivity contribution in [2.75, 3.05) is 19.6 Å². The summed E-state index contributed by atoms with van der Waals surface area (Å²) < 4.78 is 0. The van der Waals surface area contributed by atoms with Crippen molar-refractivity contribution < 1.29 is 19.8 Å². The van der Waals surface area contributed by atoms with Crippen LogP contribution in [-0.2, 0) is 9.59 Å². The van der Waals surface area contributed by atoms with Crippen LogP contribution in [0.2, 0.25) is 0 Å². The van der Waals surface area contributed by atoms with Crippen LogP contribution in [0.5, 0.6) is 0 Å². The van der Waals surface area contributed by atoms with E-state index in [0.717, 1.165) is 13.1 Å². The fourth-order valence-electron chi connectivity index (χ4n) is 0.762. The first-order chi connectivity index (χ1) is 6.97. The maximum absolute atomic E-state index is 10.1. The molecule has 0 saturated heterocycles. The first-order valence-electron chi connectivity index (χ1n) is 4.74. The van der Waals surface area contributed by atoms with Crippen LogP contribution in [0.4, 0.5) is 0 Å². The lowest BCUT2D eigenvalue weighted by Gasteiger charge is -2.13. The lowest BCUT2D eigenvalue weighted by molar-refractivity contribution is -0.138. The average Bonchev–Trinajstić information content (AvgIpc) is 2.14. The van der Waals surface area contributed by atoms with Crippen molar-refractivity contribution in [1.29, 1.82) is 0 Å². The Morgan fingerprint density at radius 3 is 1.73 bits per heavy atom. The number of hydrogen-bond donors (Lipinski definition) is 2. The minimum Gasteiger partial charge on any atom is -0.481 e. The third-order valence-corrected chi connectivity index (χ3v) is 1.57. The quantitative estimate of drug-likeness (QED) is 0.650. The van der Waals surface area contributed by atoms with E-state index in [9.17, 15) is 9.59 Å². The first kappa shape index (κ1) is 16.1. The van der Waals surface area contributed by atoms with Crippen LogP contribution < -0.4 is 0 Å². The highest BCUT2D eigenvalue weighted by molar-refractivity contribution is 5.69. The predicted molar refractivity (Wildman–Crippen MR) is 57.9 cm³/mol. The van der Waals surface area contributed by atoms with Crippen molar-refractivity contribution in [1.82, 2.24) is 4.90 Å². The molecule has 15 heavy (non-hydrogen) atoms. The molecule has 0 aromatic heterocycles. The summed E-state index contributed by atoms with van der Waals surface area (Å²) in [6, 6.07) is 0. The normalized spacial score (nSPS) is 9.00. The fourth-order valence-corrected chi connectivity index (χ4v) is 0.762. The van der Waals surface area contributed by atoms with Crippen molar-refractivity contribution in [2.24, 2.45) is 0 Å². The Kier molecular flexibility index (Phi) is 11.5. The molecule has 0 saturated carbocycles. The average molecular weight is 217 g/mol. The van der Waals surface area contributed by atoms with Gasteiger partial charge in [-0.05, 0) is 13.1 Å². The van der Waals surface area contributed by atoms with Crippen LogP contribution in [-0.4, -0.2) is 46.7 Å². The summed E-state index contributed by atoms with van der Waals surface area (Å²) >= 11 is 0. The number of carboxylic acids is 2. The summed E-state index contributed by atoms with van der Waals surface area (Å²) in [6.07, 6.45) is 1.41. The number of carbonyl (C=O) groups is 2. The molecule has 0 spiro atoms. The molecule has 0 bridgehead atoms. The monoisotopic (exact) mass is 217 g/mol. The Bertz CT molecular complexity index is 200. The molecule has 0 rings (SSSR count). The second-order valence-electron chi connectivity index (χ2n) is 2.74. The second kappa shape index (κ2) is 10.7. The Morgan fingerprint density at radius 1 is 1.20 bits per heavy atom. The number of nitrogens with zero attached hydrogens (tertiary/aromatic N) is 1. The van der Waals surface area contributed by atoms with E-state index in [-0.39, 0.29) is 13.0 Å². The maximum atomic E-state index is 10.1. The molecule has 0 aromatic rings. The minimum absolute atomic E-state index is 0.0556. The van der Waals surface area contributed by atoms with Gasteiger partial charge >= 0.3 is 11.9 Å². The predicted octanol–water partition coefficient (Wildman–Crippen LogP) is 1.06. The molecular formula is C10H19NO4. The van der Waals surface area contributed by atoms with Crippen LogP contribution in [0.3, 0.4) is 0 Å². The summed E-state index contributed by atoms with van der Waals surface area (Å²) in [6.45, 7) is 8.90. The zero-order valence-corrected chi connectivity index (χ0v) is 9.27. The smallest absolute Gasteiger partial charge is 0.317 e. The van der Waals surface area contributed by atoms with E-state index in [0.29, 0.717) is 0 Å². The molecule has 0 aliphatic carbocycles. The van der Waals surface area contributed by atoms with Gasteiger partial charge in [-0.3, -0.25) is 14.5 Å². The van der Waals surface area contributed by atoms with Crippen molar-refractivity contribution >= 4 is 11.9 Å². The number of hydrogen-bond acceptors (Lipinski definition) is 3. The summed E-state index contributed by atoms with van der Waals surface area (Å²) in [7, 11) is 0. The number of rotatable bonds is 6. The molecule has 2 N–H and O–H groups in total. The van der Waals surface area contributed by atoms with Crippen LogP contribution in [0, 0.1) is 0 Å². The van der Waals surface area contributed by atoms with Gasteiger partial charge in [-0.1, -0.05) is 19.9 Å². The molecule has 5 heteroatoms. The fraction of sp³-hybridized carbons (Fsp3) is 0.600. The van der Waals surface area contributed by atoms with Crippen molar-refractivity contribution in [3.63, 3.8) is 0 Å². The minimum atomic E-state index is -0.829. The van der Waals surface area contributed by atoms with E-state index in [1.807, 2.05) is 18.7 Å². The second-order valence-corrected chi connectivity index (χ2v) is 2.74. The molecule has 0 radical (unpaired) electrons. The van der Waals surface area contributed by atoms with Crippen molar-refractivity contribution in [3.8, 4) is 0 Å². The van der Waals surface area contributed by atoms with Crippen molar-refractivity contribution in [2.45, 2.75) is 20.3 Å². The highest BCUT2D eigenvalue weighted by atomic mass is 16.4. The van der Waals surface area contributed by atoms with Gasteiger partial charge in [0.05, 0.1) is 13.0 Å². The maximum Gasteiger partial charge on any atom is 0.317 e. The van der Waals surface area contributed by atoms with E-state index in [4.69, 9.17) is 10.2 Å². The molecule has 0 aliphatic heterocycles. The van der Waals surface area contributed by atoms with Crippen molar-refractivity contribution in [3.05, 3.63) is 12.7 Å². The van der Waals surface area contributed by atoms with Crippen LogP contribution in [0.15, 0.2) is 12.7 Å².